The van der Waals surface area contributed by atoms with Crippen LogP contribution in [-0.4, -0.2) is 55.4 Å². The molecule has 0 bridgehead atoms. The van der Waals surface area contributed by atoms with Crippen molar-refractivity contribution in [3.8, 4) is 11.5 Å². The lowest BCUT2D eigenvalue weighted by molar-refractivity contribution is 0.188. The van der Waals surface area contributed by atoms with Crippen molar-refractivity contribution in [2.24, 2.45) is 4.99 Å². The summed E-state index contributed by atoms with van der Waals surface area (Å²) in [7, 11) is 1.59. The molecule has 0 saturated carbocycles. The third-order valence-corrected chi connectivity index (χ3v) is 4.07. The number of rotatable bonds is 6. The number of benzene rings is 1. The van der Waals surface area contributed by atoms with Crippen molar-refractivity contribution in [2.75, 3.05) is 33.4 Å². The lowest BCUT2D eigenvalue weighted by atomic mass is 10.2. The van der Waals surface area contributed by atoms with Gasteiger partial charge in [-0.05, 0) is 38.0 Å². The van der Waals surface area contributed by atoms with Gasteiger partial charge < -0.3 is 24.8 Å². The van der Waals surface area contributed by atoms with Crippen LogP contribution in [-0.2, 0) is 6.54 Å². The summed E-state index contributed by atoms with van der Waals surface area (Å²) < 4.78 is 10.9. The molecule has 1 aliphatic rings. The Morgan fingerprint density at radius 1 is 1.44 bits per heavy atom. The Morgan fingerprint density at radius 2 is 2.20 bits per heavy atom. The van der Waals surface area contributed by atoms with Gasteiger partial charge in [0.1, 0.15) is 0 Å². The molecule has 1 aromatic carbocycles. The van der Waals surface area contributed by atoms with Gasteiger partial charge in [0.15, 0.2) is 17.5 Å². The Balaban J connectivity index is 0.00000312. The van der Waals surface area contributed by atoms with Gasteiger partial charge in [0.25, 0.3) is 0 Å². The van der Waals surface area contributed by atoms with Crippen molar-refractivity contribution in [2.45, 2.75) is 32.9 Å². The quantitative estimate of drug-likeness (QED) is 0.370. The maximum atomic E-state index is 9.72. The topological polar surface area (TPSA) is 66.3 Å². The number of guanidine groups is 1. The van der Waals surface area contributed by atoms with Gasteiger partial charge in [0.2, 0.25) is 0 Å². The first-order chi connectivity index (χ1) is 11.6. The number of aliphatic hydroxyl groups excluding tert-OH is 1. The molecule has 0 aliphatic carbocycles. The third kappa shape index (κ3) is 6.07. The van der Waals surface area contributed by atoms with Crippen LogP contribution in [0.3, 0.4) is 0 Å². The van der Waals surface area contributed by atoms with Crippen molar-refractivity contribution >= 4 is 41.5 Å². The number of β-amino-alcohol motifs (C(OH)–C–C–N with tert-alkyl or cyclic N) is 1. The number of likely N-dealkylation sites (tertiary alicyclic amines) is 1. The molecule has 8 heteroatoms. The van der Waals surface area contributed by atoms with Crippen molar-refractivity contribution in [1.82, 2.24) is 10.2 Å². The average molecular weight is 484 g/mol. The molecule has 1 aliphatic heterocycles. The smallest absolute Gasteiger partial charge is 0.194 e. The van der Waals surface area contributed by atoms with E-state index in [1.165, 1.54) is 0 Å². The number of methoxy groups -OCH3 is 1. The highest BCUT2D eigenvalue weighted by Crippen LogP contribution is 2.36. The van der Waals surface area contributed by atoms with Gasteiger partial charge in [-0.25, -0.2) is 4.99 Å². The van der Waals surface area contributed by atoms with Crippen LogP contribution in [0.1, 0.15) is 25.8 Å². The Kier molecular flexibility index (Phi) is 9.66. The molecule has 0 spiro atoms. The largest absolute Gasteiger partial charge is 0.493 e. The van der Waals surface area contributed by atoms with E-state index in [0.29, 0.717) is 36.2 Å². The fourth-order valence-corrected chi connectivity index (χ4v) is 2.96. The number of hydrogen-bond donors (Lipinski definition) is 2. The fraction of sp³-hybridized carbons (Fsp3) is 0.588. The molecular formula is C17H27ClIN3O3. The lowest BCUT2D eigenvalue weighted by Crippen LogP contribution is -2.40. The third-order valence-electron chi connectivity index (χ3n) is 3.79. The second kappa shape index (κ2) is 10.9. The van der Waals surface area contributed by atoms with E-state index in [1.807, 2.05) is 26.0 Å². The molecule has 25 heavy (non-hydrogen) atoms. The summed E-state index contributed by atoms with van der Waals surface area (Å²) in [6.07, 6.45) is 0.487. The van der Waals surface area contributed by atoms with Crippen molar-refractivity contribution in [1.29, 1.82) is 0 Å². The Morgan fingerprint density at radius 3 is 2.76 bits per heavy atom. The van der Waals surface area contributed by atoms with Crippen LogP contribution >= 0.6 is 35.6 Å². The zero-order chi connectivity index (χ0) is 17.5. The summed E-state index contributed by atoms with van der Waals surface area (Å²) in [5.74, 6) is 1.97. The fourth-order valence-electron chi connectivity index (χ4n) is 2.68. The second-order valence-corrected chi connectivity index (χ2v) is 6.01. The first-order valence-corrected chi connectivity index (χ1v) is 8.67. The van der Waals surface area contributed by atoms with E-state index < -0.39 is 0 Å². The van der Waals surface area contributed by atoms with Crippen LogP contribution in [0.25, 0.3) is 0 Å². The molecule has 6 nitrogen and oxygen atoms in total. The van der Waals surface area contributed by atoms with E-state index in [-0.39, 0.29) is 30.1 Å². The van der Waals surface area contributed by atoms with Gasteiger partial charge in [0.05, 0.1) is 31.4 Å². The minimum absolute atomic E-state index is 0. The molecule has 1 atom stereocenters. The van der Waals surface area contributed by atoms with E-state index in [9.17, 15) is 5.11 Å². The molecule has 2 N–H and O–H groups in total. The Labute approximate surface area is 171 Å². The molecule has 1 saturated heterocycles. The van der Waals surface area contributed by atoms with Gasteiger partial charge in [-0.15, -0.1) is 24.0 Å². The van der Waals surface area contributed by atoms with Crippen LogP contribution in [0.2, 0.25) is 5.02 Å². The SMILES string of the molecule is CCNC(=NCc1cc(Cl)c(OCC)c(OC)c1)N1CC[C@@H](O)C1.I. The van der Waals surface area contributed by atoms with Gasteiger partial charge >= 0.3 is 0 Å². The average Bonchev–Trinajstić information content (AvgIpc) is 2.99. The zero-order valence-electron chi connectivity index (χ0n) is 14.9. The van der Waals surface area contributed by atoms with E-state index in [4.69, 9.17) is 21.1 Å². The molecule has 0 aromatic heterocycles. The monoisotopic (exact) mass is 483 g/mol. The second-order valence-electron chi connectivity index (χ2n) is 5.60. The molecule has 0 radical (unpaired) electrons. The van der Waals surface area contributed by atoms with Crippen molar-refractivity contribution in [3.63, 3.8) is 0 Å². The summed E-state index contributed by atoms with van der Waals surface area (Å²) in [6, 6.07) is 3.74. The maximum Gasteiger partial charge on any atom is 0.194 e. The molecular weight excluding hydrogens is 457 g/mol. The minimum Gasteiger partial charge on any atom is -0.493 e. The lowest BCUT2D eigenvalue weighted by Gasteiger charge is -2.21. The van der Waals surface area contributed by atoms with Crippen LogP contribution in [0, 0.1) is 0 Å². The zero-order valence-corrected chi connectivity index (χ0v) is 18.0. The van der Waals surface area contributed by atoms with Crippen LogP contribution in [0.4, 0.5) is 0 Å². The molecule has 142 valence electrons. The Bertz CT molecular complexity index is 587. The summed E-state index contributed by atoms with van der Waals surface area (Å²) in [4.78, 5) is 6.73. The predicted octanol–water partition coefficient (Wildman–Crippen LogP) is 2.90. The first kappa shape index (κ1) is 22.1. The summed E-state index contributed by atoms with van der Waals surface area (Å²) in [5, 5.41) is 13.5. The first-order valence-electron chi connectivity index (χ1n) is 8.29. The minimum atomic E-state index is -0.283. The number of ether oxygens (including phenoxy) is 2. The van der Waals surface area contributed by atoms with E-state index in [1.54, 1.807) is 7.11 Å². The normalized spacial score (nSPS) is 17.2. The number of halogens is 2. The number of nitrogens with one attached hydrogen (secondary N) is 1. The highest BCUT2D eigenvalue weighted by molar-refractivity contribution is 14.0. The summed E-state index contributed by atoms with van der Waals surface area (Å²) in [5.41, 5.74) is 0.940. The van der Waals surface area contributed by atoms with Crippen molar-refractivity contribution in [3.05, 3.63) is 22.7 Å². The molecule has 0 unspecified atom stereocenters. The van der Waals surface area contributed by atoms with E-state index >= 15 is 0 Å². The standard InChI is InChI=1S/C17H26ClN3O3.HI/c1-4-19-17(21-7-6-13(22)11-21)20-10-12-8-14(18)16(24-5-2)15(9-12)23-3;/h8-9,13,22H,4-7,10-11H2,1-3H3,(H,19,20);1H/t13-;/m1./s1. The number of aliphatic imine (C=N–C) groups is 1. The van der Waals surface area contributed by atoms with Crippen molar-refractivity contribution < 1.29 is 14.6 Å². The van der Waals surface area contributed by atoms with Gasteiger partial charge in [-0.1, -0.05) is 11.6 Å². The van der Waals surface area contributed by atoms with E-state index in [2.05, 4.69) is 15.2 Å². The van der Waals surface area contributed by atoms with Gasteiger partial charge in [-0.3, -0.25) is 0 Å². The number of nitrogens with zero attached hydrogens (tertiary/aromatic N) is 2. The van der Waals surface area contributed by atoms with Gasteiger partial charge in [-0.2, -0.15) is 0 Å². The maximum absolute atomic E-state index is 9.72. The molecule has 1 aromatic rings. The Hall–Kier alpha value is -0.930. The molecule has 1 heterocycles. The molecule has 1 fully saturated rings. The highest BCUT2D eigenvalue weighted by Gasteiger charge is 2.22. The molecule has 2 rings (SSSR count). The predicted molar refractivity (Wildman–Crippen MR) is 112 cm³/mol. The van der Waals surface area contributed by atoms with Crippen LogP contribution in [0.5, 0.6) is 11.5 Å². The number of aliphatic hydroxyl groups is 1. The van der Waals surface area contributed by atoms with Gasteiger partial charge in [0, 0.05) is 19.6 Å². The van der Waals surface area contributed by atoms with Crippen LogP contribution in [0.15, 0.2) is 17.1 Å². The number of hydrogen-bond acceptors (Lipinski definition) is 4. The summed E-state index contributed by atoms with van der Waals surface area (Å²) >= 11 is 6.30. The summed E-state index contributed by atoms with van der Waals surface area (Å²) in [6.45, 7) is 7.12. The van der Waals surface area contributed by atoms with E-state index in [0.717, 1.165) is 31.0 Å². The molecule has 0 amide bonds. The highest BCUT2D eigenvalue weighted by atomic mass is 127. The van der Waals surface area contributed by atoms with Crippen LogP contribution < -0.4 is 14.8 Å².